The minimum absolute atomic E-state index is 0.0777. The summed E-state index contributed by atoms with van der Waals surface area (Å²) in [6.45, 7) is 6.53. The predicted molar refractivity (Wildman–Crippen MR) is 129 cm³/mol. The lowest BCUT2D eigenvalue weighted by atomic mass is 9.93. The van der Waals surface area contributed by atoms with E-state index >= 15 is 0 Å². The van der Waals surface area contributed by atoms with Crippen LogP contribution in [0.4, 0.5) is 5.69 Å². The van der Waals surface area contributed by atoms with Crippen LogP contribution in [0.25, 0.3) is 5.76 Å². The minimum atomic E-state index is -0.734. The summed E-state index contributed by atoms with van der Waals surface area (Å²) in [6.07, 6.45) is 0. The van der Waals surface area contributed by atoms with E-state index in [1.54, 1.807) is 24.3 Å². The normalized spacial score (nSPS) is 17.6. The number of Topliss-reactive ketones (excluding diaryl/α,β-unsaturated/α-hetero) is 1. The van der Waals surface area contributed by atoms with E-state index in [2.05, 4.69) is 0 Å². The Morgan fingerprint density at radius 1 is 0.970 bits per heavy atom. The molecule has 168 valence electrons. The number of hydrogen-bond acceptors (Lipinski definition) is 4. The first-order valence-corrected chi connectivity index (χ1v) is 11.1. The molecule has 0 aromatic heterocycles. The number of ketones is 1. The Labute approximate surface area is 193 Å². The Hall–Kier alpha value is -3.86. The third-order valence-electron chi connectivity index (χ3n) is 5.80. The fraction of sp³-hybridized carbons (Fsp3) is 0.214. The molecular formula is C28H27NO4. The van der Waals surface area contributed by atoms with Gasteiger partial charge >= 0.3 is 0 Å². The first-order valence-electron chi connectivity index (χ1n) is 11.1. The summed E-state index contributed by atoms with van der Waals surface area (Å²) >= 11 is 0. The number of aliphatic hydroxyl groups is 1. The van der Waals surface area contributed by atoms with Crippen molar-refractivity contribution in [2.75, 3.05) is 11.5 Å². The number of anilines is 1. The molecule has 33 heavy (non-hydrogen) atoms. The summed E-state index contributed by atoms with van der Waals surface area (Å²) in [7, 11) is 0. The van der Waals surface area contributed by atoms with Gasteiger partial charge in [0.25, 0.3) is 11.7 Å². The molecule has 1 unspecified atom stereocenters. The second-order valence-corrected chi connectivity index (χ2v) is 8.26. The van der Waals surface area contributed by atoms with E-state index in [1.807, 2.05) is 75.4 Å². The molecule has 1 fully saturated rings. The smallest absolute Gasteiger partial charge is 0.300 e. The number of carbonyl (C=O) groups is 2. The Bertz CT molecular complexity index is 1200. The monoisotopic (exact) mass is 441 g/mol. The van der Waals surface area contributed by atoms with E-state index in [-0.39, 0.29) is 17.3 Å². The Morgan fingerprint density at radius 2 is 1.61 bits per heavy atom. The predicted octanol–water partition coefficient (Wildman–Crippen LogP) is 5.84. The van der Waals surface area contributed by atoms with E-state index in [9.17, 15) is 14.7 Å². The van der Waals surface area contributed by atoms with Crippen molar-refractivity contribution in [3.05, 3.63) is 101 Å². The minimum Gasteiger partial charge on any atom is -0.507 e. The summed E-state index contributed by atoms with van der Waals surface area (Å²) in [5.41, 5.74) is 2.83. The van der Waals surface area contributed by atoms with E-state index in [4.69, 9.17) is 4.74 Å². The van der Waals surface area contributed by atoms with Crippen molar-refractivity contribution in [2.24, 2.45) is 0 Å². The van der Waals surface area contributed by atoms with Gasteiger partial charge in [0.05, 0.1) is 18.2 Å². The Morgan fingerprint density at radius 3 is 2.21 bits per heavy atom. The highest BCUT2D eigenvalue weighted by Crippen LogP contribution is 2.42. The molecule has 3 aromatic carbocycles. The third-order valence-corrected chi connectivity index (χ3v) is 5.80. The van der Waals surface area contributed by atoms with Crippen LogP contribution in [0.5, 0.6) is 5.75 Å². The zero-order valence-corrected chi connectivity index (χ0v) is 19.0. The van der Waals surface area contributed by atoms with E-state index in [0.717, 1.165) is 16.9 Å². The van der Waals surface area contributed by atoms with Crippen LogP contribution in [0.3, 0.4) is 0 Å². The largest absolute Gasteiger partial charge is 0.507 e. The lowest BCUT2D eigenvalue weighted by molar-refractivity contribution is -0.132. The zero-order chi connectivity index (χ0) is 23.5. The molecule has 1 saturated heterocycles. The Kier molecular flexibility index (Phi) is 6.31. The number of carbonyl (C=O) groups excluding carboxylic acids is 2. The number of amides is 1. The highest BCUT2D eigenvalue weighted by molar-refractivity contribution is 6.51. The molecule has 1 N–H and O–H groups in total. The lowest BCUT2D eigenvalue weighted by Gasteiger charge is -2.25. The fourth-order valence-corrected chi connectivity index (χ4v) is 4.23. The topological polar surface area (TPSA) is 66.8 Å². The van der Waals surface area contributed by atoms with Crippen LogP contribution in [0.1, 0.15) is 49.4 Å². The molecule has 0 radical (unpaired) electrons. The van der Waals surface area contributed by atoms with Crippen LogP contribution in [0.15, 0.2) is 84.4 Å². The molecule has 0 aliphatic carbocycles. The quantitative estimate of drug-likeness (QED) is 0.297. The number of aliphatic hydroxyl groups excluding tert-OH is 1. The number of rotatable bonds is 6. The Balaban J connectivity index is 1.91. The van der Waals surface area contributed by atoms with Crippen molar-refractivity contribution in [1.29, 1.82) is 0 Å². The summed E-state index contributed by atoms with van der Waals surface area (Å²) in [5, 5.41) is 11.4. The van der Waals surface area contributed by atoms with Crippen molar-refractivity contribution in [1.82, 2.24) is 0 Å². The summed E-state index contributed by atoms with van der Waals surface area (Å²) < 4.78 is 5.74. The highest BCUT2D eigenvalue weighted by atomic mass is 16.5. The first-order chi connectivity index (χ1) is 15.9. The molecule has 0 spiro atoms. The number of ether oxygens (including phenoxy) is 1. The number of nitrogens with zero attached hydrogens (tertiary/aromatic N) is 1. The molecule has 1 atom stereocenters. The fourth-order valence-electron chi connectivity index (χ4n) is 4.23. The van der Waals surface area contributed by atoms with Crippen LogP contribution >= 0.6 is 0 Å². The van der Waals surface area contributed by atoms with Gasteiger partial charge in [0.1, 0.15) is 11.5 Å². The van der Waals surface area contributed by atoms with Crippen LogP contribution in [0, 0.1) is 0 Å². The summed E-state index contributed by atoms with van der Waals surface area (Å²) in [6, 6.07) is 23.0. The van der Waals surface area contributed by atoms with Crippen LogP contribution in [-0.4, -0.2) is 23.4 Å². The van der Waals surface area contributed by atoms with E-state index < -0.39 is 17.7 Å². The molecule has 3 aromatic rings. The maximum absolute atomic E-state index is 13.2. The number of para-hydroxylation sites is 1. The first kappa shape index (κ1) is 22.3. The van der Waals surface area contributed by atoms with Crippen molar-refractivity contribution >= 4 is 23.1 Å². The van der Waals surface area contributed by atoms with E-state index in [1.165, 1.54) is 4.90 Å². The average molecular weight is 442 g/mol. The van der Waals surface area contributed by atoms with Crippen molar-refractivity contribution in [3.8, 4) is 5.75 Å². The van der Waals surface area contributed by atoms with Gasteiger partial charge in [-0.1, -0.05) is 62.4 Å². The highest BCUT2D eigenvalue weighted by Gasteiger charge is 2.46. The second kappa shape index (κ2) is 9.33. The molecule has 5 heteroatoms. The van der Waals surface area contributed by atoms with Gasteiger partial charge in [0, 0.05) is 11.3 Å². The van der Waals surface area contributed by atoms with Gasteiger partial charge in [0.15, 0.2) is 0 Å². The molecule has 1 aliphatic rings. The molecule has 0 bridgehead atoms. The van der Waals surface area contributed by atoms with Gasteiger partial charge < -0.3 is 9.84 Å². The standard InChI is InChI=1S/C28H27NO4/c1-4-33-23-16-15-20(17-22(23)18(2)3)26(30)24-25(19-11-7-5-8-12-19)29(28(32)27(24)31)21-13-9-6-10-14-21/h5-18,25,30H,4H2,1-3H3/b26-24-. The summed E-state index contributed by atoms with van der Waals surface area (Å²) in [4.78, 5) is 27.9. The number of hydrogen-bond donors (Lipinski definition) is 1. The van der Waals surface area contributed by atoms with Crippen molar-refractivity contribution in [3.63, 3.8) is 0 Å². The number of benzene rings is 3. The molecular weight excluding hydrogens is 414 g/mol. The zero-order valence-electron chi connectivity index (χ0n) is 19.0. The van der Waals surface area contributed by atoms with Crippen LogP contribution in [0.2, 0.25) is 0 Å². The lowest BCUT2D eigenvalue weighted by Crippen LogP contribution is -2.29. The van der Waals surface area contributed by atoms with Gasteiger partial charge in [-0.25, -0.2) is 0 Å². The van der Waals surface area contributed by atoms with Crippen molar-refractivity contribution in [2.45, 2.75) is 32.7 Å². The maximum atomic E-state index is 13.2. The van der Waals surface area contributed by atoms with Crippen LogP contribution < -0.4 is 9.64 Å². The maximum Gasteiger partial charge on any atom is 0.300 e. The van der Waals surface area contributed by atoms with Crippen molar-refractivity contribution < 1.29 is 19.4 Å². The molecule has 1 heterocycles. The SMILES string of the molecule is CCOc1ccc(/C(O)=C2/C(=O)C(=O)N(c3ccccc3)C2c2ccccc2)cc1C(C)C. The molecule has 1 aliphatic heterocycles. The molecule has 0 saturated carbocycles. The molecule has 5 nitrogen and oxygen atoms in total. The van der Waals surface area contributed by atoms with Gasteiger partial charge in [-0.3, -0.25) is 14.5 Å². The van der Waals surface area contributed by atoms with Gasteiger partial charge in [-0.05, 0) is 54.3 Å². The summed E-state index contributed by atoms with van der Waals surface area (Å²) in [5.74, 6) is -0.660. The average Bonchev–Trinajstić information content (AvgIpc) is 3.10. The van der Waals surface area contributed by atoms with Gasteiger partial charge in [-0.15, -0.1) is 0 Å². The van der Waals surface area contributed by atoms with Crippen LogP contribution in [-0.2, 0) is 9.59 Å². The molecule has 1 amide bonds. The molecule has 4 rings (SSSR count). The third kappa shape index (κ3) is 4.14. The van der Waals surface area contributed by atoms with Gasteiger partial charge in [-0.2, -0.15) is 0 Å². The van der Waals surface area contributed by atoms with Gasteiger partial charge in [0.2, 0.25) is 0 Å². The van der Waals surface area contributed by atoms with E-state index in [0.29, 0.717) is 17.9 Å². The second-order valence-electron chi connectivity index (χ2n) is 8.26.